The fourth-order valence-corrected chi connectivity index (χ4v) is 2.32. The monoisotopic (exact) mass is 220 g/mol. The van der Waals surface area contributed by atoms with Gasteiger partial charge in [-0.1, -0.05) is 18.2 Å². The van der Waals surface area contributed by atoms with Crippen molar-refractivity contribution < 1.29 is 4.79 Å². The van der Waals surface area contributed by atoms with Crippen molar-refractivity contribution in [3.63, 3.8) is 0 Å². The lowest BCUT2D eigenvalue weighted by Crippen LogP contribution is -2.24. The SMILES string of the molecule is CNCC(=O)Nc1csc2ccccc12. The van der Waals surface area contributed by atoms with Crippen molar-refractivity contribution in [1.82, 2.24) is 5.32 Å². The zero-order chi connectivity index (χ0) is 10.7. The molecule has 0 saturated carbocycles. The number of benzene rings is 1. The molecule has 1 aromatic heterocycles. The molecule has 1 amide bonds. The van der Waals surface area contributed by atoms with E-state index >= 15 is 0 Å². The molecule has 2 aromatic rings. The Bertz CT molecular complexity index is 478. The molecule has 78 valence electrons. The number of amides is 1. The molecule has 2 N–H and O–H groups in total. The Kier molecular flexibility index (Phi) is 2.99. The summed E-state index contributed by atoms with van der Waals surface area (Å²) in [6.07, 6.45) is 0. The normalized spacial score (nSPS) is 10.5. The number of rotatable bonds is 3. The maximum atomic E-state index is 11.4. The van der Waals surface area contributed by atoms with Crippen molar-refractivity contribution in [3.8, 4) is 0 Å². The fraction of sp³-hybridized carbons (Fsp3) is 0.182. The second-order valence-corrected chi connectivity index (χ2v) is 4.14. The van der Waals surface area contributed by atoms with E-state index in [-0.39, 0.29) is 5.91 Å². The first kappa shape index (κ1) is 10.1. The molecule has 0 unspecified atom stereocenters. The summed E-state index contributed by atoms with van der Waals surface area (Å²) in [5, 5.41) is 8.77. The van der Waals surface area contributed by atoms with E-state index in [2.05, 4.69) is 10.6 Å². The molecule has 1 aromatic carbocycles. The predicted molar refractivity (Wildman–Crippen MR) is 64.4 cm³/mol. The average molecular weight is 220 g/mol. The van der Waals surface area contributed by atoms with Gasteiger partial charge in [-0.15, -0.1) is 11.3 Å². The third-order valence-corrected chi connectivity index (χ3v) is 3.06. The number of hydrogen-bond donors (Lipinski definition) is 2. The number of anilines is 1. The van der Waals surface area contributed by atoms with Gasteiger partial charge in [0, 0.05) is 15.5 Å². The number of thiophene rings is 1. The van der Waals surface area contributed by atoms with E-state index in [1.807, 2.05) is 29.6 Å². The Morgan fingerprint density at radius 2 is 2.20 bits per heavy atom. The summed E-state index contributed by atoms with van der Waals surface area (Å²) in [7, 11) is 1.76. The standard InChI is InChI=1S/C11H12N2OS/c1-12-6-11(14)13-9-7-15-10-5-3-2-4-8(9)10/h2-5,7,12H,6H2,1H3,(H,13,14). The Morgan fingerprint density at radius 1 is 1.40 bits per heavy atom. The number of carbonyl (C=O) groups is 1. The molecule has 0 aliphatic heterocycles. The molecule has 0 radical (unpaired) electrons. The highest BCUT2D eigenvalue weighted by Crippen LogP contribution is 2.29. The van der Waals surface area contributed by atoms with E-state index in [1.165, 1.54) is 4.70 Å². The first-order chi connectivity index (χ1) is 7.31. The van der Waals surface area contributed by atoms with Crippen molar-refractivity contribution in [3.05, 3.63) is 29.6 Å². The largest absolute Gasteiger partial charge is 0.324 e. The molecule has 0 bridgehead atoms. The van der Waals surface area contributed by atoms with Gasteiger partial charge in [0.25, 0.3) is 0 Å². The van der Waals surface area contributed by atoms with E-state index in [9.17, 15) is 4.79 Å². The van der Waals surface area contributed by atoms with Crippen LogP contribution in [0.25, 0.3) is 10.1 Å². The van der Waals surface area contributed by atoms with Crippen LogP contribution in [0.5, 0.6) is 0 Å². The smallest absolute Gasteiger partial charge is 0.238 e. The zero-order valence-electron chi connectivity index (χ0n) is 8.41. The summed E-state index contributed by atoms with van der Waals surface area (Å²) in [5.41, 5.74) is 0.899. The number of fused-ring (bicyclic) bond motifs is 1. The molecule has 0 aliphatic rings. The quantitative estimate of drug-likeness (QED) is 0.831. The lowest BCUT2D eigenvalue weighted by atomic mass is 10.2. The van der Waals surface area contributed by atoms with E-state index < -0.39 is 0 Å². The van der Waals surface area contributed by atoms with E-state index in [0.29, 0.717) is 6.54 Å². The summed E-state index contributed by atoms with van der Waals surface area (Å²) < 4.78 is 1.19. The number of carbonyl (C=O) groups excluding carboxylic acids is 1. The minimum atomic E-state index is -0.0129. The molecular formula is C11H12N2OS. The second kappa shape index (κ2) is 4.42. The Morgan fingerprint density at radius 3 is 3.00 bits per heavy atom. The predicted octanol–water partition coefficient (Wildman–Crippen LogP) is 2.06. The number of likely N-dealkylation sites (N-methyl/N-ethyl adjacent to an activating group) is 1. The second-order valence-electron chi connectivity index (χ2n) is 3.22. The average Bonchev–Trinajstić information content (AvgIpc) is 2.62. The van der Waals surface area contributed by atoms with Crippen molar-refractivity contribution >= 4 is 33.0 Å². The third-order valence-electron chi connectivity index (χ3n) is 2.09. The van der Waals surface area contributed by atoms with E-state index in [4.69, 9.17) is 0 Å². The van der Waals surface area contributed by atoms with Gasteiger partial charge in [-0.3, -0.25) is 4.79 Å². The minimum Gasteiger partial charge on any atom is -0.324 e. The van der Waals surface area contributed by atoms with Gasteiger partial charge in [0.2, 0.25) is 5.91 Å². The van der Waals surface area contributed by atoms with Crippen molar-refractivity contribution in [2.45, 2.75) is 0 Å². The maximum absolute atomic E-state index is 11.4. The van der Waals surface area contributed by atoms with Gasteiger partial charge in [-0.05, 0) is 13.1 Å². The van der Waals surface area contributed by atoms with Gasteiger partial charge in [-0.25, -0.2) is 0 Å². The molecule has 1 heterocycles. The van der Waals surface area contributed by atoms with Crippen LogP contribution in [-0.2, 0) is 4.79 Å². The highest BCUT2D eigenvalue weighted by Gasteiger charge is 2.05. The Balaban J connectivity index is 2.25. The lowest BCUT2D eigenvalue weighted by molar-refractivity contribution is -0.115. The number of nitrogens with one attached hydrogen (secondary N) is 2. The Labute approximate surface area is 92.1 Å². The van der Waals surface area contributed by atoms with Crippen LogP contribution in [0.1, 0.15) is 0 Å². The van der Waals surface area contributed by atoms with E-state index in [1.54, 1.807) is 18.4 Å². The third kappa shape index (κ3) is 2.16. The van der Waals surface area contributed by atoms with Crippen LogP contribution in [-0.4, -0.2) is 19.5 Å². The molecule has 3 nitrogen and oxygen atoms in total. The first-order valence-electron chi connectivity index (χ1n) is 4.72. The molecule has 2 rings (SSSR count). The van der Waals surface area contributed by atoms with Crippen LogP contribution in [0.4, 0.5) is 5.69 Å². The molecule has 15 heavy (non-hydrogen) atoms. The van der Waals surface area contributed by atoms with Crippen LogP contribution in [0.15, 0.2) is 29.6 Å². The molecular weight excluding hydrogens is 208 g/mol. The fourth-order valence-electron chi connectivity index (χ4n) is 1.43. The van der Waals surface area contributed by atoms with Gasteiger partial charge in [-0.2, -0.15) is 0 Å². The van der Waals surface area contributed by atoms with Gasteiger partial charge in [0.05, 0.1) is 12.2 Å². The lowest BCUT2D eigenvalue weighted by Gasteiger charge is -2.02. The molecule has 0 saturated heterocycles. The molecule has 0 fully saturated rings. The summed E-state index contributed by atoms with van der Waals surface area (Å²) in [6, 6.07) is 8.04. The first-order valence-corrected chi connectivity index (χ1v) is 5.60. The van der Waals surface area contributed by atoms with Crippen molar-refractivity contribution in [1.29, 1.82) is 0 Å². The van der Waals surface area contributed by atoms with Gasteiger partial charge >= 0.3 is 0 Å². The van der Waals surface area contributed by atoms with Crippen LogP contribution >= 0.6 is 11.3 Å². The van der Waals surface area contributed by atoms with Crippen LogP contribution in [0, 0.1) is 0 Å². The molecule has 0 atom stereocenters. The topological polar surface area (TPSA) is 41.1 Å². The summed E-state index contributed by atoms with van der Waals surface area (Å²) in [6.45, 7) is 0.337. The van der Waals surface area contributed by atoms with Crippen LogP contribution in [0.3, 0.4) is 0 Å². The number of hydrogen-bond acceptors (Lipinski definition) is 3. The zero-order valence-corrected chi connectivity index (χ0v) is 9.23. The van der Waals surface area contributed by atoms with Gasteiger partial charge in [0.15, 0.2) is 0 Å². The maximum Gasteiger partial charge on any atom is 0.238 e. The highest BCUT2D eigenvalue weighted by molar-refractivity contribution is 7.17. The van der Waals surface area contributed by atoms with Crippen LogP contribution in [0.2, 0.25) is 0 Å². The van der Waals surface area contributed by atoms with Gasteiger partial charge < -0.3 is 10.6 Å². The van der Waals surface area contributed by atoms with Gasteiger partial charge in [0.1, 0.15) is 0 Å². The van der Waals surface area contributed by atoms with Crippen LogP contribution < -0.4 is 10.6 Å². The molecule has 0 spiro atoms. The molecule has 0 aliphatic carbocycles. The minimum absolute atomic E-state index is 0.0129. The highest BCUT2D eigenvalue weighted by atomic mass is 32.1. The summed E-state index contributed by atoms with van der Waals surface area (Å²) in [4.78, 5) is 11.4. The Hall–Kier alpha value is -1.39. The van der Waals surface area contributed by atoms with Crippen molar-refractivity contribution in [2.24, 2.45) is 0 Å². The summed E-state index contributed by atoms with van der Waals surface area (Å²) in [5.74, 6) is -0.0129. The molecule has 4 heteroatoms. The van der Waals surface area contributed by atoms with Crippen molar-refractivity contribution in [2.75, 3.05) is 18.9 Å². The van der Waals surface area contributed by atoms with E-state index in [0.717, 1.165) is 11.1 Å². The summed E-state index contributed by atoms with van der Waals surface area (Å²) >= 11 is 1.64.